The van der Waals surface area contributed by atoms with Gasteiger partial charge in [0, 0.05) is 13.1 Å². The Kier molecular flexibility index (Phi) is 3.57. The molecule has 2 aliphatic rings. The molecule has 2 rings (SSSR count). The van der Waals surface area contributed by atoms with Crippen LogP contribution in [0.3, 0.4) is 0 Å². The van der Waals surface area contributed by atoms with Crippen molar-refractivity contribution in [2.24, 2.45) is 17.8 Å². The number of rotatable bonds is 1. The van der Waals surface area contributed by atoms with Crippen molar-refractivity contribution in [3.05, 3.63) is 0 Å². The maximum Gasteiger partial charge on any atom is 0.0842 e. The molecule has 17 heavy (non-hydrogen) atoms. The van der Waals surface area contributed by atoms with Crippen molar-refractivity contribution in [1.82, 2.24) is 5.32 Å². The fraction of sp³-hybridized carbons (Fsp3) is 1.00. The molecule has 1 saturated heterocycles. The molecule has 1 heterocycles. The summed E-state index contributed by atoms with van der Waals surface area (Å²) in [7, 11) is 0. The highest BCUT2D eigenvalue weighted by molar-refractivity contribution is 5.01. The fourth-order valence-electron chi connectivity index (χ4n) is 3.49. The molecule has 0 amide bonds. The van der Waals surface area contributed by atoms with Gasteiger partial charge in [-0.2, -0.15) is 0 Å². The Morgan fingerprint density at radius 3 is 2.59 bits per heavy atom. The second-order valence-electron chi connectivity index (χ2n) is 6.90. The van der Waals surface area contributed by atoms with E-state index in [1.165, 1.54) is 19.3 Å². The van der Waals surface area contributed by atoms with Crippen LogP contribution in [0.2, 0.25) is 0 Å². The van der Waals surface area contributed by atoms with E-state index in [0.717, 1.165) is 19.0 Å². The molecule has 4 atom stereocenters. The van der Waals surface area contributed by atoms with Crippen molar-refractivity contribution in [3.63, 3.8) is 0 Å². The highest BCUT2D eigenvalue weighted by atomic mass is 16.5. The van der Waals surface area contributed by atoms with E-state index >= 15 is 0 Å². The lowest BCUT2D eigenvalue weighted by atomic mass is 9.69. The second kappa shape index (κ2) is 4.55. The van der Waals surface area contributed by atoms with Crippen LogP contribution in [0.4, 0.5) is 0 Å². The first-order chi connectivity index (χ1) is 7.90. The molecule has 2 heteroatoms. The Morgan fingerprint density at radius 2 is 1.94 bits per heavy atom. The number of hydrogen-bond donors (Lipinski definition) is 1. The summed E-state index contributed by atoms with van der Waals surface area (Å²) >= 11 is 0. The summed E-state index contributed by atoms with van der Waals surface area (Å²) in [5.41, 5.74) is 0.0957. The monoisotopic (exact) mass is 239 g/mol. The molecule has 2 fully saturated rings. The van der Waals surface area contributed by atoms with Crippen molar-refractivity contribution in [2.45, 2.75) is 65.1 Å². The molecule has 100 valence electrons. The molecule has 0 aromatic heterocycles. The van der Waals surface area contributed by atoms with Crippen LogP contribution in [0, 0.1) is 17.8 Å². The second-order valence-corrected chi connectivity index (χ2v) is 6.90. The van der Waals surface area contributed by atoms with Gasteiger partial charge in [-0.05, 0) is 31.1 Å². The highest BCUT2D eigenvalue weighted by Gasteiger charge is 2.50. The van der Waals surface area contributed by atoms with Gasteiger partial charge in [0.2, 0.25) is 0 Å². The van der Waals surface area contributed by atoms with Crippen molar-refractivity contribution in [3.8, 4) is 0 Å². The summed E-state index contributed by atoms with van der Waals surface area (Å²) in [4.78, 5) is 0. The number of morpholine rings is 1. The van der Waals surface area contributed by atoms with E-state index in [-0.39, 0.29) is 11.2 Å². The Bertz CT molecular complexity index is 274. The molecule has 1 spiro atoms. The van der Waals surface area contributed by atoms with Crippen LogP contribution in [0.1, 0.15) is 53.9 Å². The zero-order valence-electron chi connectivity index (χ0n) is 12.2. The van der Waals surface area contributed by atoms with Gasteiger partial charge in [0.05, 0.1) is 11.2 Å². The Balaban J connectivity index is 2.19. The third-order valence-electron chi connectivity index (χ3n) is 5.50. The first kappa shape index (κ1) is 13.4. The molecule has 1 aliphatic heterocycles. The molecule has 2 nitrogen and oxygen atoms in total. The van der Waals surface area contributed by atoms with Gasteiger partial charge in [-0.25, -0.2) is 0 Å². The van der Waals surface area contributed by atoms with Gasteiger partial charge in [-0.3, -0.25) is 0 Å². The van der Waals surface area contributed by atoms with Gasteiger partial charge in [0.25, 0.3) is 0 Å². The normalized spacial score (nSPS) is 47.6. The minimum atomic E-state index is 0.00354. The summed E-state index contributed by atoms with van der Waals surface area (Å²) in [6.07, 6.45) is 3.92. The molecule has 4 unspecified atom stereocenters. The largest absolute Gasteiger partial charge is 0.366 e. The summed E-state index contributed by atoms with van der Waals surface area (Å²) in [6.45, 7) is 13.6. The molecule has 1 saturated carbocycles. The van der Waals surface area contributed by atoms with Crippen molar-refractivity contribution < 1.29 is 4.74 Å². The molecule has 0 aromatic rings. The Labute approximate surface area is 107 Å². The van der Waals surface area contributed by atoms with Crippen LogP contribution >= 0.6 is 0 Å². The van der Waals surface area contributed by atoms with E-state index in [2.05, 4.69) is 39.9 Å². The van der Waals surface area contributed by atoms with Gasteiger partial charge < -0.3 is 10.1 Å². The lowest BCUT2D eigenvalue weighted by Gasteiger charge is -2.55. The van der Waals surface area contributed by atoms with E-state index in [9.17, 15) is 0 Å². The summed E-state index contributed by atoms with van der Waals surface area (Å²) in [5, 5.41) is 3.64. The van der Waals surface area contributed by atoms with Crippen molar-refractivity contribution >= 4 is 0 Å². The maximum absolute atomic E-state index is 6.68. The average Bonchev–Trinajstić information content (AvgIpc) is 2.26. The zero-order valence-corrected chi connectivity index (χ0v) is 12.2. The topological polar surface area (TPSA) is 21.3 Å². The minimum absolute atomic E-state index is 0.00354. The van der Waals surface area contributed by atoms with Gasteiger partial charge in [-0.1, -0.05) is 40.5 Å². The standard InChI is InChI=1S/C15H29NO/c1-11(2)14(5)9-16-10-15(17-14)8-6-7-12(3)13(15)4/h11-13,16H,6-10H2,1-5H3. The number of nitrogens with one attached hydrogen (secondary N) is 1. The molecule has 0 bridgehead atoms. The Morgan fingerprint density at radius 1 is 1.24 bits per heavy atom. The lowest BCUT2D eigenvalue weighted by molar-refractivity contribution is -0.226. The number of hydrogen-bond acceptors (Lipinski definition) is 2. The first-order valence-corrected chi connectivity index (χ1v) is 7.30. The fourth-order valence-corrected chi connectivity index (χ4v) is 3.49. The summed E-state index contributed by atoms with van der Waals surface area (Å²) < 4.78 is 6.68. The van der Waals surface area contributed by atoms with Crippen LogP contribution in [0.25, 0.3) is 0 Å². The summed E-state index contributed by atoms with van der Waals surface area (Å²) in [6, 6.07) is 0. The minimum Gasteiger partial charge on any atom is -0.366 e. The smallest absolute Gasteiger partial charge is 0.0842 e. The van der Waals surface area contributed by atoms with Crippen LogP contribution in [-0.4, -0.2) is 24.3 Å². The van der Waals surface area contributed by atoms with E-state index in [1.54, 1.807) is 0 Å². The molecule has 1 aliphatic carbocycles. The predicted octanol–water partition coefficient (Wildman–Crippen LogP) is 3.22. The van der Waals surface area contributed by atoms with E-state index in [0.29, 0.717) is 11.8 Å². The van der Waals surface area contributed by atoms with Gasteiger partial charge >= 0.3 is 0 Å². The zero-order chi connectivity index (χ0) is 12.7. The molecular formula is C15H29NO. The maximum atomic E-state index is 6.68. The quantitative estimate of drug-likeness (QED) is 0.758. The summed E-state index contributed by atoms with van der Waals surface area (Å²) in [5.74, 6) is 2.03. The van der Waals surface area contributed by atoms with Crippen LogP contribution in [0.5, 0.6) is 0 Å². The van der Waals surface area contributed by atoms with Crippen LogP contribution in [0.15, 0.2) is 0 Å². The van der Waals surface area contributed by atoms with Crippen molar-refractivity contribution in [2.75, 3.05) is 13.1 Å². The molecule has 0 aromatic carbocycles. The molecule has 0 radical (unpaired) electrons. The molecule has 1 N–H and O–H groups in total. The van der Waals surface area contributed by atoms with E-state index in [4.69, 9.17) is 4.74 Å². The van der Waals surface area contributed by atoms with E-state index in [1.807, 2.05) is 0 Å². The SMILES string of the molecule is CC1CCCC2(CNCC(C)(C(C)C)O2)C1C. The Hall–Kier alpha value is -0.0800. The van der Waals surface area contributed by atoms with Gasteiger partial charge in [0.1, 0.15) is 0 Å². The highest BCUT2D eigenvalue weighted by Crippen LogP contribution is 2.44. The predicted molar refractivity (Wildman–Crippen MR) is 72.1 cm³/mol. The van der Waals surface area contributed by atoms with Crippen molar-refractivity contribution in [1.29, 1.82) is 0 Å². The number of ether oxygens (including phenoxy) is 1. The molecular weight excluding hydrogens is 210 g/mol. The average molecular weight is 239 g/mol. The third kappa shape index (κ3) is 2.26. The first-order valence-electron chi connectivity index (χ1n) is 7.30. The van der Waals surface area contributed by atoms with Crippen LogP contribution in [-0.2, 0) is 4.74 Å². The third-order valence-corrected chi connectivity index (χ3v) is 5.50. The van der Waals surface area contributed by atoms with E-state index < -0.39 is 0 Å². The van der Waals surface area contributed by atoms with Crippen LogP contribution < -0.4 is 5.32 Å². The van der Waals surface area contributed by atoms with Gasteiger partial charge in [0.15, 0.2) is 0 Å². The lowest BCUT2D eigenvalue weighted by Crippen LogP contribution is -2.65. The van der Waals surface area contributed by atoms with Gasteiger partial charge in [-0.15, -0.1) is 0 Å².